The van der Waals surface area contributed by atoms with Crippen molar-refractivity contribution in [1.29, 1.82) is 0 Å². The van der Waals surface area contributed by atoms with E-state index in [4.69, 9.17) is 24.3 Å². The van der Waals surface area contributed by atoms with Gasteiger partial charge in [0.25, 0.3) is 0 Å². The van der Waals surface area contributed by atoms with Crippen LogP contribution in [-0.4, -0.2) is 49.3 Å². The molecule has 0 amide bonds. The van der Waals surface area contributed by atoms with Crippen LogP contribution in [0.5, 0.6) is 0 Å². The lowest BCUT2D eigenvalue weighted by Crippen LogP contribution is -2.29. The Kier molecular flexibility index (Phi) is 34.7. The number of nitrogens with two attached hydrogens (primary N) is 1. The molecule has 0 radical (unpaired) electrons. The number of carbonyl (C=O) groups excluding carboxylic acids is 2. The molecule has 1 unspecified atom stereocenters. The van der Waals surface area contributed by atoms with Gasteiger partial charge in [-0.15, -0.1) is 0 Å². The summed E-state index contributed by atoms with van der Waals surface area (Å²) in [6.45, 7) is 3.59. The molecule has 2 atom stereocenters. The molecule has 0 bridgehead atoms. The topological polar surface area (TPSA) is 134 Å². The molecular formula is C39H72NO8P. The number of phosphoric ester groups is 1. The molecule has 0 aliphatic rings. The normalized spacial score (nSPS) is 13.8. The lowest BCUT2D eigenvalue weighted by atomic mass is 10.0. The first kappa shape index (κ1) is 47.2. The second kappa shape index (κ2) is 36.0. The van der Waals surface area contributed by atoms with Crippen LogP contribution in [0, 0.1) is 0 Å². The summed E-state index contributed by atoms with van der Waals surface area (Å²) in [6, 6.07) is 0. The second-order valence-electron chi connectivity index (χ2n) is 12.8. The average Bonchev–Trinajstić information content (AvgIpc) is 3.08. The predicted octanol–water partition coefficient (Wildman–Crippen LogP) is 10.6. The number of hydrogen-bond donors (Lipinski definition) is 2. The SMILES string of the molecule is CCC=CCC=CCC=CCCCCCCCC(=O)O[C@H](COC(=O)CCCCCCCCCCCCCCC)COP(=O)(O)OCCN. The Morgan fingerprint density at radius 1 is 0.633 bits per heavy atom. The molecule has 0 aliphatic carbocycles. The van der Waals surface area contributed by atoms with Gasteiger partial charge in [-0.3, -0.25) is 18.6 Å². The number of ether oxygens (including phenoxy) is 2. The number of allylic oxidation sites excluding steroid dienone is 6. The van der Waals surface area contributed by atoms with E-state index in [-0.39, 0.29) is 38.6 Å². The molecule has 286 valence electrons. The van der Waals surface area contributed by atoms with Gasteiger partial charge in [0.05, 0.1) is 13.2 Å². The molecule has 10 heteroatoms. The average molecular weight is 714 g/mol. The van der Waals surface area contributed by atoms with Crippen LogP contribution in [0.1, 0.15) is 168 Å². The Balaban J connectivity index is 4.24. The van der Waals surface area contributed by atoms with Crippen LogP contribution in [0.15, 0.2) is 36.5 Å². The standard InChI is InChI=1S/C39H72NO8P/c1-3-5-7-9-11-13-15-17-18-20-22-24-26-28-30-32-39(42)48-37(36-47-49(43,44)46-34-33-40)35-45-38(41)31-29-27-25-23-21-19-16-14-12-10-8-6-4-2/h5,7,11,13,17-18,37H,3-4,6,8-10,12,14-16,19-36,40H2,1-2H3,(H,43,44)/t37-/m1/s1. The van der Waals surface area contributed by atoms with Gasteiger partial charge in [-0.25, -0.2) is 4.57 Å². The number of unbranched alkanes of at least 4 members (excludes halogenated alkanes) is 17. The first-order chi connectivity index (χ1) is 23.8. The fourth-order valence-electron chi connectivity index (χ4n) is 5.18. The molecule has 0 saturated carbocycles. The number of rotatable bonds is 36. The van der Waals surface area contributed by atoms with Crippen LogP contribution in [0.25, 0.3) is 0 Å². The molecule has 0 aromatic carbocycles. The number of hydrogen-bond acceptors (Lipinski definition) is 8. The summed E-state index contributed by atoms with van der Waals surface area (Å²) in [4.78, 5) is 34.7. The van der Waals surface area contributed by atoms with Crippen molar-refractivity contribution < 1.29 is 37.6 Å². The Hall–Kier alpha value is -1.77. The molecule has 0 aromatic heterocycles. The molecule has 0 fully saturated rings. The van der Waals surface area contributed by atoms with Gasteiger partial charge in [0.15, 0.2) is 6.10 Å². The van der Waals surface area contributed by atoms with Crippen molar-refractivity contribution in [2.75, 3.05) is 26.4 Å². The third-order valence-corrected chi connectivity index (χ3v) is 9.02. The van der Waals surface area contributed by atoms with Crippen molar-refractivity contribution >= 4 is 19.8 Å². The van der Waals surface area contributed by atoms with E-state index in [9.17, 15) is 19.0 Å². The quantitative estimate of drug-likeness (QED) is 0.0281. The van der Waals surface area contributed by atoms with E-state index in [1.165, 1.54) is 64.2 Å². The highest BCUT2D eigenvalue weighted by Gasteiger charge is 2.25. The third-order valence-electron chi connectivity index (χ3n) is 8.04. The zero-order chi connectivity index (χ0) is 36.1. The molecule has 49 heavy (non-hydrogen) atoms. The third kappa shape index (κ3) is 35.8. The van der Waals surface area contributed by atoms with E-state index in [0.29, 0.717) is 6.42 Å². The van der Waals surface area contributed by atoms with Gasteiger partial charge in [-0.2, -0.15) is 0 Å². The summed E-state index contributed by atoms with van der Waals surface area (Å²) >= 11 is 0. The largest absolute Gasteiger partial charge is 0.472 e. The van der Waals surface area contributed by atoms with E-state index >= 15 is 0 Å². The van der Waals surface area contributed by atoms with Crippen molar-refractivity contribution in [2.45, 2.75) is 174 Å². The van der Waals surface area contributed by atoms with Crippen LogP contribution < -0.4 is 5.73 Å². The monoisotopic (exact) mass is 713 g/mol. The Morgan fingerprint density at radius 2 is 1.12 bits per heavy atom. The van der Waals surface area contributed by atoms with E-state index in [2.05, 4.69) is 50.3 Å². The van der Waals surface area contributed by atoms with E-state index in [1.807, 2.05) is 0 Å². The van der Waals surface area contributed by atoms with E-state index in [1.54, 1.807) is 0 Å². The Labute approximate surface area is 299 Å². The number of carbonyl (C=O) groups is 2. The molecular weight excluding hydrogens is 641 g/mol. The fraction of sp³-hybridized carbons (Fsp3) is 0.795. The molecule has 0 aromatic rings. The van der Waals surface area contributed by atoms with Gasteiger partial charge < -0.3 is 20.1 Å². The van der Waals surface area contributed by atoms with Crippen molar-refractivity contribution in [2.24, 2.45) is 5.73 Å². The highest BCUT2D eigenvalue weighted by molar-refractivity contribution is 7.47. The van der Waals surface area contributed by atoms with Crippen molar-refractivity contribution in [3.8, 4) is 0 Å². The van der Waals surface area contributed by atoms with Gasteiger partial charge >= 0.3 is 19.8 Å². The van der Waals surface area contributed by atoms with Crippen molar-refractivity contribution in [1.82, 2.24) is 0 Å². The van der Waals surface area contributed by atoms with Crippen LogP contribution in [0.2, 0.25) is 0 Å². The second-order valence-corrected chi connectivity index (χ2v) is 14.2. The minimum Gasteiger partial charge on any atom is -0.462 e. The molecule has 9 nitrogen and oxygen atoms in total. The van der Waals surface area contributed by atoms with Gasteiger partial charge in [0.2, 0.25) is 0 Å². The maximum atomic E-state index is 12.5. The summed E-state index contributed by atoms with van der Waals surface area (Å²) in [6.07, 6.45) is 37.4. The van der Waals surface area contributed by atoms with Crippen molar-refractivity contribution in [3.63, 3.8) is 0 Å². The van der Waals surface area contributed by atoms with Crippen LogP contribution in [0.4, 0.5) is 0 Å². The Bertz CT molecular complexity index is 907. The summed E-state index contributed by atoms with van der Waals surface area (Å²) in [5.41, 5.74) is 5.33. The smallest absolute Gasteiger partial charge is 0.462 e. The first-order valence-electron chi connectivity index (χ1n) is 19.5. The van der Waals surface area contributed by atoms with Crippen molar-refractivity contribution in [3.05, 3.63) is 36.5 Å². The first-order valence-corrected chi connectivity index (χ1v) is 21.0. The fourth-order valence-corrected chi connectivity index (χ4v) is 5.94. The van der Waals surface area contributed by atoms with E-state index in [0.717, 1.165) is 70.6 Å². The molecule has 0 saturated heterocycles. The maximum Gasteiger partial charge on any atom is 0.472 e. The summed E-state index contributed by atoms with van der Waals surface area (Å²) in [5.74, 6) is -0.847. The minimum atomic E-state index is -4.37. The predicted molar refractivity (Wildman–Crippen MR) is 201 cm³/mol. The molecule has 3 N–H and O–H groups in total. The van der Waals surface area contributed by atoms with E-state index < -0.39 is 26.5 Å². The van der Waals surface area contributed by atoms with Crippen LogP contribution in [-0.2, 0) is 32.7 Å². The molecule has 0 rings (SSSR count). The molecule has 0 heterocycles. The summed E-state index contributed by atoms with van der Waals surface area (Å²) in [7, 11) is -4.37. The van der Waals surface area contributed by atoms with Gasteiger partial charge in [0, 0.05) is 19.4 Å². The van der Waals surface area contributed by atoms with Crippen LogP contribution in [0.3, 0.4) is 0 Å². The summed E-state index contributed by atoms with van der Waals surface area (Å²) in [5, 5.41) is 0. The molecule has 0 aliphatic heterocycles. The maximum absolute atomic E-state index is 12.5. The Morgan fingerprint density at radius 3 is 1.67 bits per heavy atom. The summed E-state index contributed by atoms with van der Waals surface area (Å²) < 4.78 is 32.6. The molecule has 0 spiro atoms. The zero-order valence-electron chi connectivity index (χ0n) is 31.2. The van der Waals surface area contributed by atoms with Gasteiger partial charge in [0.1, 0.15) is 6.61 Å². The lowest BCUT2D eigenvalue weighted by Gasteiger charge is -2.19. The van der Waals surface area contributed by atoms with Gasteiger partial charge in [-0.05, 0) is 44.9 Å². The van der Waals surface area contributed by atoms with Gasteiger partial charge in [-0.1, -0.05) is 147 Å². The zero-order valence-corrected chi connectivity index (χ0v) is 32.1. The van der Waals surface area contributed by atoms with Crippen LogP contribution >= 0.6 is 7.82 Å². The number of esters is 2. The highest BCUT2D eigenvalue weighted by Crippen LogP contribution is 2.43. The number of phosphoric acid groups is 1. The highest BCUT2D eigenvalue weighted by atomic mass is 31.2. The lowest BCUT2D eigenvalue weighted by molar-refractivity contribution is -0.161. The minimum absolute atomic E-state index is 0.0505.